The van der Waals surface area contributed by atoms with Crippen LogP contribution in [0.5, 0.6) is 0 Å². The van der Waals surface area contributed by atoms with Crippen LogP contribution in [0.25, 0.3) is 44.3 Å². The summed E-state index contributed by atoms with van der Waals surface area (Å²) in [5.74, 6) is 1.50. The topological polar surface area (TPSA) is 268 Å². The SMILES string of the molecule is C.Cc1ccc(-c2ccc(Cn3cnnc3CCl)cc2)cc1.FF.FF.FF.FF.FF.NC(=O)c1ccccc1N.NC(=O)c1ccccc1NCc1nncn1Cc1ccc(-c2ccc(C(F)(F)F)cc2)cc1.O=C(Cl)CCc1ccc(F)cc1.O=c1nc(CCc2ccc(F)cc2)n(Cc2nncn2Cc2ccc(-c3ccc(C(F)(F)F)cc3)cc2)c2ccccc12.[2HH].[2H]CF.[2H][2H].[2H][2H].[2H][2H].[2H][2H].[2H][2H].[2H][2H].[2H][2H].[2H][2H].[2H][2H]. The van der Waals surface area contributed by atoms with Crippen molar-refractivity contribution in [3.05, 3.63) is 387 Å². The maximum absolute atomic E-state index is 13.4. The van der Waals surface area contributed by atoms with Crippen LogP contribution < -0.4 is 28.1 Å². The first-order valence-electron chi connectivity index (χ1n) is 47.7. The molecule has 0 spiro atoms. The zero-order chi connectivity index (χ0) is 115. The number of benzene rings is 11. The van der Waals surface area contributed by atoms with Crippen molar-refractivity contribution in [2.45, 2.75) is 91.0 Å². The molecule has 132 heavy (non-hydrogen) atoms. The lowest BCUT2D eigenvalue weighted by Gasteiger charge is -2.16. The Morgan fingerprint density at radius 2 is 0.795 bits per heavy atom. The Morgan fingerprint density at radius 3 is 1.20 bits per heavy atom. The molecule has 0 fully saturated rings. The Kier molecular flexibility index (Phi) is 40.7. The molecule has 0 bridgehead atoms. The highest BCUT2D eigenvalue weighted by atomic mass is 35.5. The molecule has 0 aliphatic heterocycles. The number of nitrogens with one attached hydrogen (secondary N) is 1. The van der Waals surface area contributed by atoms with Gasteiger partial charge in [0.15, 0.2) is 11.6 Å². The number of hydrogen-bond donors (Lipinski definition) is 4. The number of amides is 2. The molecule has 0 aliphatic carbocycles. The maximum Gasteiger partial charge on any atom is 0.416 e. The van der Waals surface area contributed by atoms with Crippen molar-refractivity contribution >= 4 is 62.5 Å². The molecule has 0 saturated carbocycles. The van der Waals surface area contributed by atoms with Gasteiger partial charge in [-0.05, 0) is 177 Å². The number of fused-ring (bicyclic) bond motifs is 1. The fourth-order valence-corrected chi connectivity index (χ4v) is 12.7. The largest absolute Gasteiger partial charge is 0.416 e. The van der Waals surface area contributed by atoms with Crippen LogP contribution in [0.15, 0.2) is 291 Å². The molecule has 0 unspecified atom stereocenters. The van der Waals surface area contributed by atoms with Crippen LogP contribution in [0, 0.1) is 18.6 Å². The van der Waals surface area contributed by atoms with Gasteiger partial charge in [-0.1, -0.05) is 195 Å². The minimum absolute atomic E-state index is 0. The summed E-state index contributed by atoms with van der Waals surface area (Å²) in [4.78, 5) is 49.8. The highest BCUT2D eigenvalue weighted by molar-refractivity contribution is 6.63. The van der Waals surface area contributed by atoms with E-state index >= 15 is 0 Å². The standard InChI is InChI=1S/C33H25F4N5O.C24H20F3N5O.C17H16ClN3.C9H8ClFO.C7H8N2O.CH3F.CH4.5F2.10H2/c34-27-16-7-22(8-17-27)9-18-30-39-32(43)28-3-1-2-4-29(28)42(30)20-31-40-38-21-41(31)19-23-5-10-24(11-6-23)25-12-14-26(15-13-25)33(35,36)37;25-24(26,27)19-11-9-18(10-12-19)17-7-5-16(6-8-17)14-32-15-30-31-22(32)13-29-21-4-2-1-3-20(21)23(28)33;1-13-2-6-15(7-3-13)16-8-4-14(5-9-16)11-21-12-19-20-17(21)10-18;10-9(12)6-3-7-1-4-8(11)5-2-7;8-6-4-2-1-3-5(6)7(9)10;1-2;;5*1-2;;;;;;;;;;/h1-8,10-17,21H,9,18-20H2;1-12,15,29H,13-14H2,(H2,28,33);2-9,12H,10-11H2,1H3;1-2,4-5H,3,6H2;1-4H,8H2,(H2,9,10);1H3;1H4;;;;;;10*1H/i;;;;;1D;;;;;;;9*1+1D;1+1. The van der Waals surface area contributed by atoms with Crippen LogP contribution in [0.1, 0.15) is 132 Å². The van der Waals surface area contributed by atoms with Crippen LogP contribution in [0.4, 0.5) is 96.6 Å². The molecule has 0 aliphatic rings. The third-order valence-electron chi connectivity index (χ3n) is 18.8. The highest BCUT2D eigenvalue weighted by Crippen LogP contribution is 2.34. The average Bonchev–Trinajstić information content (AvgIpc) is 1.22. The molecule has 4 aromatic heterocycles. The van der Waals surface area contributed by atoms with Gasteiger partial charge in [0.2, 0.25) is 5.24 Å². The molecule has 4 heterocycles. The maximum atomic E-state index is 13.4. The van der Waals surface area contributed by atoms with Gasteiger partial charge in [-0.15, -0.1) is 42.2 Å². The molecule has 40 heteroatoms. The summed E-state index contributed by atoms with van der Waals surface area (Å²) in [6, 6.07) is 75.6. The lowest BCUT2D eigenvalue weighted by atomic mass is 10.0. The third-order valence-corrected chi connectivity index (χ3v) is 19.2. The van der Waals surface area contributed by atoms with Gasteiger partial charge in [0, 0.05) is 98.1 Å². The Labute approximate surface area is 784 Å². The summed E-state index contributed by atoms with van der Waals surface area (Å²) >= 11 is 11.0. The molecule has 2 amide bonds. The lowest BCUT2D eigenvalue weighted by Crippen LogP contribution is -2.21. The highest BCUT2D eigenvalue weighted by Gasteiger charge is 2.31. The number of carbonyl (C=O) groups is 3. The number of nitrogens with zero attached hydrogens (tertiary/aromatic N) is 11. The number of primary amides is 2. The molecule has 19 nitrogen and oxygen atoms in total. The Bertz CT molecular complexity index is 6070. The van der Waals surface area contributed by atoms with Crippen LogP contribution >= 0.6 is 23.2 Å². The van der Waals surface area contributed by atoms with E-state index in [9.17, 15) is 58.7 Å². The molecular weight excluding hydrogens is 1810 g/mol. The van der Waals surface area contributed by atoms with Crippen LogP contribution in [0.3, 0.4) is 0 Å². The first-order valence-corrected chi connectivity index (χ1v) is 38.9. The van der Waals surface area contributed by atoms with Gasteiger partial charge in [0.1, 0.15) is 42.3 Å². The van der Waals surface area contributed by atoms with E-state index in [1.165, 1.54) is 70.8 Å². The number of halogens is 21. The van der Waals surface area contributed by atoms with Gasteiger partial charge in [-0.3, -0.25) is 23.6 Å². The van der Waals surface area contributed by atoms with E-state index in [-0.39, 0.29) is 31.3 Å². The molecule has 0 saturated heterocycles. The van der Waals surface area contributed by atoms with Crippen LogP contribution in [-0.2, 0) is 75.0 Å². The quantitative estimate of drug-likeness (QED) is 0.0201. The lowest BCUT2D eigenvalue weighted by molar-refractivity contribution is -0.138. The second-order valence-corrected chi connectivity index (χ2v) is 27.8. The van der Waals surface area contributed by atoms with Gasteiger partial charge in [0.05, 0.1) is 80.3 Å². The zero-order valence-electron chi connectivity index (χ0n) is 87.6. The first-order chi connectivity index (χ1) is 72.6. The van der Waals surface area contributed by atoms with E-state index in [2.05, 4.69) is 96.3 Å². The van der Waals surface area contributed by atoms with Gasteiger partial charge < -0.3 is 40.8 Å². The number of anilines is 2. The minimum atomic E-state index is -4.38. The number of aryl methyl sites for hydroxylation is 4. The smallest absolute Gasteiger partial charge is 0.398 e. The van der Waals surface area contributed by atoms with E-state index in [0.29, 0.717) is 114 Å². The van der Waals surface area contributed by atoms with Crippen molar-refractivity contribution in [3.8, 4) is 33.4 Å². The molecular formula is C92H104Cl2F19N15O4. The number of para-hydroxylation sites is 3. The van der Waals surface area contributed by atoms with E-state index in [0.717, 1.165) is 75.5 Å². The number of carbonyl (C=O) groups excluding carboxylic acids is 3. The van der Waals surface area contributed by atoms with Crippen molar-refractivity contribution in [2.75, 3.05) is 18.2 Å². The number of nitrogen functional groups attached to an aromatic ring is 1. The minimum Gasteiger partial charge on any atom is -0.398 e. The summed E-state index contributed by atoms with van der Waals surface area (Å²) in [7, 11) is -1.00. The second-order valence-electron chi connectivity index (χ2n) is 27.1. The molecule has 0 atom stereocenters. The van der Waals surface area contributed by atoms with E-state index in [4.69, 9.17) is 114 Å². The summed E-state index contributed by atoms with van der Waals surface area (Å²) in [6.45, 7) is 4.47. The Morgan fingerprint density at radius 1 is 0.447 bits per heavy atom. The molecule has 11 aromatic carbocycles. The predicted octanol–water partition coefficient (Wildman–Crippen LogP) is 26.2. The zero-order valence-corrected chi connectivity index (χ0v) is 70.1. The Balaban J connectivity index is -0.000000343. The number of aromatic nitrogens is 11. The van der Waals surface area contributed by atoms with Gasteiger partial charge in [-0.2, -0.15) is 31.3 Å². The monoisotopic (exact) mass is 1930 g/mol. The molecule has 7 N–H and O–H groups in total. The number of alkyl halides is 8. The second kappa shape index (κ2) is 57.4. The van der Waals surface area contributed by atoms with Crippen molar-refractivity contribution in [3.63, 3.8) is 0 Å². The van der Waals surface area contributed by atoms with Crippen LogP contribution in [-0.4, -0.2) is 78.1 Å². The van der Waals surface area contributed by atoms with Crippen molar-refractivity contribution in [1.82, 2.24) is 53.8 Å². The summed E-state index contributed by atoms with van der Waals surface area (Å²) in [6.07, 6.45) is -1.86. The molecule has 15 rings (SSSR count). The Hall–Kier alpha value is -14.6. The summed E-state index contributed by atoms with van der Waals surface area (Å²) in [5.41, 5.74) is 28.4. The van der Waals surface area contributed by atoms with Gasteiger partial charge in [-0.25, -0.2) is 8.78 Å². The number of hydrogen-bond acceptors (Lipinski definition) is 13. The molecule has 0 radical (unpaired) electrons. The first kappa shape index (κ1) is 93.6. The fourth-order valence-electron chi connectivity index (χ4n) is 12.4. The third kappa shape index (κ3) is 34.5. The number of nitrogens with two attached hydrogens (primary N) is 3. The molecule has 718 valence electrons. The van der Waals surface area contributed by atoms with Crippen molar-refractivity contribution in [2.24, 2.45) is 11.5 Å². The van der Waals surface area contributed by atoms with Gasteiger partial charge in [0.25, 0.3) is 17.4 Å². The fraction of sp³-hybridized carbons (Fsp3) is 0.163. The molecule has 15 aromatic rings. The van der Waals surface area contributed by atoms with E-state index < -0.39 is 42.4 Å². The van der Waals surface area contributed by atoms with Crippen molar-refractivity contribution in [1.29, 1.82) is 0 Å². The normalized spacial score (nSPS) is 10.9. The summed E-state index contributed by atoms with van der Waals surface area (Å²) < 4.78 is 296. The predicted molar refractivity (Wildman–Crippen MR) is 489 cm³/mol. The summed E-state index contributed by atoms with van der Waals surface area (Å²) in [5, 5.41) is 27.8. The van der Waals surface area contributed by atoms with E-state index in [1.54, 1.807) is 104 Å². The number of rotatable bonds is 23. The van der Waals surface area contributed by atoms with Gasteiger partial charge >= 0.3 is 12.4 Å². The van der Waals surface area contributed by atoms with E-state index in [1.807, 2.05) is 78.9 Å². The average molecular weight is 1940 g/mol. The van der Waals surface area contributed by atoms with Crippen molar-refractivity contribution < 1.29 is 129 Å². The van der Waals surface area contributed by atoms with Crippen LogP contribution in [0.2, 0.25) is 0 Å².